The molecule has 0 aliphatic carbocycles. The van der Waals surface area contributed by atoms with Gasteiger partial charge in [-0.3, -0.25) is 4.55 Å². The van der Waals surface area contributed by atoms with Gasteiger partial charge in [-0.05, 0) is 62.1 Å². The van der Waals surface area contributed by atoms with Crippen molar-refractivity contribution in [1.29, 1.82) is 0 Å². The number of aryl methyl sites for hydroxylation is 2. The Labute approximate surface area is 247 Å². The van der Waals surface area contributed by atoms with Crippen LogP contribution in [0.5, 0.6) is 11.5 Å². The molecule has 3 aromatic rings. The lowest BCUT2D eigenvalue weighted by molar-refractivity contribution is -0.673. The highest BCUT2D eigenvalue weighted by Crippen LogP contribution is 2.40. The van der Waals surface area contributed by atoms with E-state index in [2.05, 4.69) is 10.0 Å². The number of hydrogen-bond donors (Lipinski definition) is 2. The Morgan fingerprint density at radius 2 is 1.79 bits per heavy atom. The normalized spacial score (nSPS) is 14.4. The van der Waals surface area contributed by atoms with E-state index in [0.717, 1.165) is 33.6 Å². The number of rotatable bonds is 15. The molecule has 13 heteroatoms. The van der Waals surface area contributed by atoms with Crippen molar-refractivity contribution in [3.63, 3.8) is 0 Å². The Morgan fingerprint density at radius 3 is 2.52 bits per heavy atom. The summed E-state index contributed by atoms with van der Waals surface area (Å²) in [6, 6.07) is 15.7. The molecule has 0 amide bonds. The van der Waals surface area contributed by atoms with Gasteiger partial charge in [0.15, 0.2) is 5.75 Å². The number of hydroxylamine groups is 1. The highest BCUT2D eigenvalue weighted by atomic mass is 32.2. The fourth-order valence-corrected chi connectivity index (χ4v) is 6.30. The van der Waals surface area contributed by atoms with Crippen LogP contribution in [0.15, 0.2) is 54.4 Å². The number of hydrogen-bond acceptors (Lipinski definition) is 9. The topological polar surface area (TPSA) is 135 Å². The third kappa shape index (κ3) is 8.42. The van der Waals surface area contributed by atoms with Gasteiger partial charge in [-0.15, -0.1) is 0 Å². The number of ether oxygens (including phenoxy) is 2. The summed E-state index contributed by atoms with van der Waals surface area (Å²) in [7, 11) is -6.09. The van der Waals surface area contributed by atoms with Crippen molar-refractivity contribution in [2.75, 3.05) is 36.6 Å². The first kappa shape index (κ1) is 31.7. The van der Waals surface area contributed by atoms with E-state index in [4.69, 9.17) is 13.8 Å². The Balaban J connectivity index is 1.64. The Morgan fingerprint density at radius 1 is 1.00 bits per heavy atom. The van der Waals surface area contributed by atoms with E-state index in [-0.39, 0.29) is 11.5 Å². The van der Waals surface area contributed by atoms with Crippen LogP contribution in [0.4, 0.5) is 5.69 Å². The van der Waals surface area contributed by atoms with Gasteiger partial charge in [0.25, 0.3) is 20.2 Å². The van der Waals surface area contributed by atoms with E-state index in [9.17, 15) is 21.4 Å². The number of nitrogens with one attached hydrogen (secondary N) is 1. The number of nitrogens with zero attached hydrogens (tertiary/aromatic N) is 2. The SMILES string of the molecule is CCNOS(=O)(=O)CCCCN1C(=Cc2ccc3cc(OC)ccc3[n+]2CCCCS(=O)(=O)O)Oc2ccc(C)cc21. The van der Waals surface area contributed by atoms with E-state index in [1.54, 1.807) is 14.0 Å². The highest BCUT2D eigenvalue weighted by molar-refractivity contribution is 7.86. The van der Waals surface area contributed by atoms with E-state index in [0.29, 0.717) is 57.0 Å². The molecule has 0 atom stereocenters. The van der Waals surface area contributed by atoms with Gasteiger partial charge in [0, 0.05) is 31.6 Å². The minimum Gasteiger partial charge on any atom is -0.497 e. The third-order valence-electron chi connectivity index (χ3n) is 6.82. The van der Waals surface area contributed by atoms with Crippen LogP contribution < -0.4 is 24.4 Å². The summed E-state index contributed by atoms with van der Waals surface area (Å²) in [5, 5.41) is 0.954. The Hall–Kier alpha value is -3.23. The van der Waals surface area contributed by atoms with Crippen LogP contribution in [0, 0.1) is 6.92 Å². The van der Waals surface area contributed by atoms with Crippen LogP contribution in [-0.2, 0) is 31.1 Å². The second-order valence-electron chi connectivity index (χ2n) is 10.1. The average molecular weight is 621 g/mol. The quantitative estimate of drug-likeness (QED) is 0.111. The van der Waals surface area contributed by atoms with Crippen LogP contribution in [-0.4, -0.2) is 53.1 Å². The Bertz CT molecular complexity index is 1660. The first-order valence-electron chi connectivity index (χ1n) is 13.9. The molecule has 0 saturated carbocycles. The summed E-state index contributed by atoms with van der Waals surface area (Å²) >= 11 is 0. The number of methoxy groups -OCH3 is 1. The van der Waals surface area contributed by atoms with Crippen molar-refractivity contribution < 1.29 is 39.7 Å². The molecule has 2 N–H and O–H groups in total. The van der Waals surface area contributed by atoms with Gasteiger partial charge in [0.05, 0.1) is 35.8 Å². The minimum absolute atomic E-state index is 0.105. The molecule has 2 aromatic carbocycles. The second-order valence-corrected chi connectivity index (χ2v) is 13.3. The van der Waals surface area contributed by atoms with Gasteiger partial charge < -0.3 is 14.4 Å². The van der Waals surface area contributed by atoms with Crippen molar-refractivity contribution in [1.82, 2.24) is 5.48 Å². The summed E-state index contributed by atoms with van der Waals surface area (Å²) in [6.07, 6.45) is 3.76. The van der Waals surface area contributed by atoms with Crippen molar-refractivity contribution >= 4 is 42.9 Å². The molecule has 4 rings (SSSR count). The number of unbranched alkanes of at least 4 members (excludes halogenated alkanes) is 2. The maximum atomic E-state index is 12.1. The van der Waals surface area contributed by atoms with Crippen LogP contribution in [0.3, 0.4) is 0 Å². The van der Waals surface area contributed by atoms with Gasteiger partial charge in [0.2, 0.25) is 17.1 Å². The lowest BCUT2D eigenvalue weighted by Gasteiger charge is -2.18. The molecule has 228 valence electrons. The van der Waals surface area contributed by atoms with E-state index in [1.165, 1.54) is 0 Å². The van der Waals surface area contributed by atoms with Crippen molar-refractivity contribution in [3.8, 4) is 11.5 Å². The van der Waals surface area contributed by atoms with Gasteiger partial charge in [0.1, 0.15) is 12.3 Å². The average Bonchev–Trinajstić information content (AvgIpc) is 3.28. The molecule has 1 aromatic heterocycles. The molecular formula is C29H38N3O8S2+. The van der Waals surface area contributed by atoms with Crippen LogP contribution in [0.2, 0.25) is 0 Å². The van der Waals surface area contributed by atoms with E-state index >= 15 is 0 Å². The van der Waals surface area contributed by atoms with Crippen molar-refractivity contribution in [2.45, 2.75) is 46.1 Å². The van der Waals surface area contributed by atoms with Crippen molar-refractivity contribution in [3.05, 3.63) is 65.7 Å². The molecule has 0 unspecified atom stereocenters. The predicted octanol–water partition coefficient (Wildman–Crippen LogP) is 3.96. The zero-order valence-corrected chi connectivity index (χ0v) is 25.7. The number of benzene rings is 2. The van der Waals surface area contributed by atoms with Crippen molar-refractivity contribution in [2.24, 2.45) is 0 Å². The Kier molecular flexibility index (Phi) is 10.4. The molecule has 0 radical (unpaired) electrons. The third-order valence-corrected chi connectivity index (χ3v) is 8.78. The molecule has 42 heavy (non-hydrogen) atoms. The fourth-order valence-electron chi connectivity index (χ4n) is 4.79. The molecule has 0 bridgehead atoms. The summed E-state index contributed by atoms with van der Waals surface area (Å²) in [5.41, 5.74) is 6.13. The second kappa shape index (κ2) is 13.8. The molecule has 0 fully saturated rings. The number of fused-ring (bicyclic) bond motifs is 2. The van der Waals surface area contributed by atoms with E-state index < -0.39 is 20.2 Å². The minimum atomic E-state index is -4.04. The standard InChI is InChI=1S/C29H37N3O8S2/c1-4-30-40-42(36,37)18-8-6-16-32-27-19-22(2)9-14-28(27)39-29(32)21-24-11-10-23-20-25(38-3)12-13-26(23)31(24)15-5-7-17-41(33,34)35/h9-14,19-21,30H,4-8,15-18H2,1-3H3/p+1. The summed E-state index contributed by atoms with van der Waals surface area (Å²) < 4.78 is 74.4. The van der Waals surface area contributed by atoms with Crippen LogP contribution in [0.25, 0.3) is 17.0 Å². The molecule has 0 saturated heterocycles. The van der Waals surface area contributed by atoms with Gasteiger partial charge in [-0.1, -0.05) is 13.0 Å². The number of anilines is 1. The zero-order valence-electron chi connectivity index (χ0n) is 24.1. The summed E-state index contributed by atoms with van der Waals surface area (Å²) in [5.74, 6) is 1.62. The predicted molar refractivity (Wildman–Crippen MR) is 161 cm³/mol. The van der Waals surface area contributed by atoms with E-state index in [1.807, 2.05) is 66.4 Å². The zero-order chi connectivity index (χ0) is 30.3. The fraction of sp³-hybridized carbons (Fsp3) is 0.414. The maximum absolute atomic E-state index is 12.1. The first-order valence-corrected chi connectivity index (χ1v) is 17.1. The lowest BCUT2D eigenvalue weighted by atomic mass is 10.1. The monoisotopic (exact) mass is 620 g/mol. The smallest absolute Gasteiger partial charge is 0.283 e. The highest BCUT2D eigenvalue weighted by Gasteiger charge is 2.28. The molecule has 11 nitrogen and oxygen atoms in total. The maximum Gasteiger partial charge on any atom is 0.283 e. The lowest BCUT2D eigenvalue weighted by Crippen LogP contribution is -2.38. The molecule has 1 aliphatic rings. The summed E-state index contributed by atoms with van der Waals surface area (Å²) in [6.45, 7) is 5.18. The first-order chi connectivity index (χ1) is 20.0. The molecular weight excluding hydrogens is 582 g/mol. The number of pyridine rings is 1. The van der Waals surface area contributed by atoms with Gasteiger partial charge in [-0.25, -0.2) is 0 Å². The largest absolute Gasteiger partial charge is 0.497 e. The molecule has 1 aliphatic heterocycles. The van der Waals surface area contributed by atoms with Gasteiger partial charge in [-0.2, -0.15) is 31.2 Å². The van der Waals surface area contributed by atoms with Crippen LogP contribution >= 0.6 is 0 Å². The molecule has 2 heterocycles. The summed E-state index contributed by atoms with van der Waals surface area (Å²) in [4.78, 5) is 2.04. The van der Waals surface area contributed by atoms with Crippen LogP contribution in [0.1, 0.15) is 43.9 Å². The number of aromatic nitrogens is 1. The van der Waals surface area contributed by atoms with Gasteiger partial charge >= 0.3 is 0 Å². The molecule has 0 spiro atoms.